The molecule has 0 aliphatic rings. The van der Waals surface area contributed by atoms with Crippen LogP contribution in [0.15, 0.2) is 6.33 Å². The first-order valence-corrected chi connectivity index (χ1v) is 7.29. The smallest absolute Gasteiger partial charge is 0.425 e. The van der Waals surface area contributed by atoms with Crippen LogP contribution < -0.4 is 4.90 Å². The maximum Gasteiger partial charge on any atom is 0.425 e. The van der Waals surface area contributed by atoms with Gasteiger partial charge in [0.25, 0.3) is 0 Å². The number of carboxylic acid groups (broad SMARTS) is 1. The summed E-state index contributed by atoms with van der Waals surface area (Å²) in [5.74, 6) is -0.212. The topological polar surface area (TPSA) is 111 Å². The van der Waals surface area contributed by atoms with E-state index in [1.165, 1.54) is 14.2 Å². The summed E-state index contributed by atoms with van der Waals surface area (Å²) < 4.78 is 15.3. The number of imide groups is 1. The fraction of sp³-hybridized carbons (Fsp3) is 0.571. The SMILES string of the molecule is COC(Cc1c(Cl)ncnc1N(C(=O)O)C(=O)OC(C)(C)C)OC. The number of aromatic nitrogens is 2. The summed E-state index contributed by atoms with van der Waals surface area (Å²) in [6.45, 7) is 4.85. The molecule has 0 fully saturated rings. The van der Waals surface area contributed by atoms with Gasteiger partial charge in [-0.1, -0.05) is 11.6 Å². The average Bonchev–Trinajstić information content (AvgIpc) is 2.44. The van der Waals surface area contributed by atoms with E-state index >= 15 is 0 Å². The number of carbonyl (C=O) groups excluding carboxylic acids is 1. The Balaban J connectivity index is 3.31. The van der Waals surface area contributed by atoms with Gasteiger partial charge in [0, 0.05) is 26.2 Å². The molecule has 0 radical (unpaired) electrons. The van der Waals surface area contributed by atoms with Crippen LogP contribution in [0.4, 0.5) is 15.4 Å². The molecule has 1 N–H and O–H groups in total. The van der Waals surface area contributed by atoms with Gasteiger partial charge in [-0.05, 0) is 20.8 Å². The van der Waals surface area contributed by atoms with Crippen molar-refractivity contribution in [2.75, 3.05) is 19.1 Å². The molecular weight excluding hydrogens is 342 g/mol. The number of halogens is 1. The van der Waals surface area contributed by atoms with Gasteiger partial charge in [-0.3, -0.25) is 0 Å². The normalized spacial score (nSPS) is 11.5. The van der Waals surface area contributed by atoms with Crippen LogP contribution in [0.25, 0.3) is 0 Å². The van der Waals surface area contributed by atoms with E-state index in [9.17, 15) is 14.7 Å². The highest BCUT2D eigenvalue weighted by molar-refractivity contribution is 6.30. The van der Waals surface area contributed by atoms with Crippen LogP contribution in [0.2, 0.25) is 5.15 Å². The molecule has 10 heteroatoms. The second kappa shape index (κ2) is 8.22. The van der Waals surface area contributed by atoms with Gasteiger partial charge in [-0.25, -0.2) is 19.6 Å². The summed E-state index contributed by atoms with van der Waals surface area (Å²) in [4.78, 5) is 31.9. The Bertz CT molecular complexity index is 601. The third kappa shape index (κ3) is 5.29. The number of methoxy groups -OCH3 is 2. The van der Waals surface area contributed by atoms with Gasteiger partial charge < -0.3 is 19.3 Å². The number of anilines is 1. The minimum Gasteiger partial charge on any atom is -0.464 e. The Morgan fingerprint density at radius 3 is 2.33 bits per heavy atom. The van der Waals surface area contributed by atoms with Crippen molar-refractivity contribution in [3.05, 3.63) is 17.0 Å². The second-order valence-corrected chi connectivity index (χ2v) is 6.03. The van der Waals surface area contributed by atoms with Crippen LogP contribution in [0.5, 0.6) is 0 Å². The molecule has 0 bridgehead atoms. The van der Waals surface area contributed by atoms with Crippen molar-refractivity contribution >= 4 is 29.6 Å². The van der Waals surface area contributed by atoms with Gasteiger partial charge in [0.2, 0.25) is 0 Å². The molecule has 1 heterocycles. The third-order valence-electron chi connectivity index (χ3n) is 2.75. The molecular formula is C14H20ClN3O6. The van der Waals surface area contributed by atoms with E-state index in [1.807, 2.05) is 0 Å². The Hall–Kier alpha value is -1.97. The number of ether oxygens (including phenoxy) is 3. The van der Waals surface area contributed by atoms with E-state index in [0.717, 1.165) is 6.33 Å². The predicted octanol–water partition coefficient (Wildman–Crippen LogP) is 2.71. The molecule has 9 nitrogen and oxygen atoms in total. The molecule has 0 aliphatic heterocycles. The van der Waals surface area contributed by atoms with E-state index in [0.29, 0.717) is 4.90 Å². The van der Waals surface area contributed by atoms with Gasteiger partial charge in [0.15, 0.2) is 12.1 Å². The number of hydrogen-bond donors (Lipinski definition) is 1. The van der Waals surface area contributed by atoms with E-state index in [4.69, 9.17) is 25.8 Å². The molecule has 2 amide bonds. The summed E-state index contributed by atoms with van der Waals surface area (Å²) >= 11 is 6.04. The standard InChI is InChI=1S/C14H20ClN3O6/c1-14(2,3)24-13(21)18(12(19)20)11-8(6-9(22-4)23-5)10(15)16-7-17-11/h7,9H,6H2,1-5H3,(H,19,20). The molecule has 0 saturated heterocycles. The molecule has 24 heavy (non-hydrogen) atoms. The number of nitrogens with zero attached hydrogens (tertiary/aromatic N) is 3. The van der Waals surface area contributed by atoms with Gasteiger partial charge in [0.05, 0.1) is 0 Å². The zero-order chi connectivity index (χ0) is 18.5. The lowest BCUT2D eigenvalue weighted by atomic mass is 10.2. The van der Waals surface area contributed by atoms with E-state index in [2.05, 4.69) is 9.97 Å². The molecule has 1 aromatic heterocycles. The lowest BCUT2D eigenvalue weighted by Crippen LogP contribution is -2.41. The highest BCUT2D eigenvalue weighted by atomic mass is 35.5. The van der Waals surface area contributed by atoms with E-state index in [-0.39, 0.29) is 23.0 Å². The predicted molar refractivity (Wildman–Crippen MR) is 85.3 cm³/mol. The highest BCUT2D eigenvalue weighted by Gasteiger charge is 2.33. The van der Waals surface area contributed by atoms with Crippen LogP contribution in [0.1, 0.15) is 26.3 Å². The molecule has 134 valence electrons. The number of rotatable bonds is 5. The fourth-order valence-corrected chi connectivity index (χ4v) is 1.95. The molecule has 1 aromatic rings. The van der Waals surface area contributed by atoms with Crippen LogP contribution >= 0.6 is 11.6 Å². The summed E-state index contributed by atoms with van der Waals surface area (Å²) in [5.41, 5.74) is -0.704. The van der Waals surface area contributed by atoms with Crippen molar-refractivity contribution in [2.24, 2.45) is 0 Å². The van der Waals surface area contributed by atoms with Gasteiger partial charge in [-0.15, -0.1) is 0 Å². The Labute approximate surface area is 144 Å². The molecule has 0 atom stereocenters. The molecule has 0 unspecified atom stereocenters. The number of amides is 2. The quantitative estimate of drug-likeness (QED) is 0.629. The summed E-state index contributed by atoms with van der Waals surface area (Å²) in [7, 11) is 2.82. The third-order valence-corrected chi connectivity index (χ3v) is 3.07. The fourth-order valence-electron chi connectivity index (χ4n) is 1.74. The first-order chi connectivity index (χ1) is 11.1. The van der Waals surface area contributed by atoms with E-state index < -0.39 is 24.1 Å². The lowest BCUT2D eigenvalue weighted by molar-refractivity contribution is -0.100. The van der Waals surface area contributed by atoms with Gasteiger partial charge >= 0.3 is 12.2 Å². The van der Waals surface area contributed by atoms with Crippen molar-refractivity contribution in [3.8, 4) is 0 Å². The van der Waals surface area contributed by atoms with Crippen molar-refractivity contribution in [3.63, 3.8) is 0 Å². The Kier molecular flexibility index (Phi) is 6.88. The van der Waals surface area contributed by atoms with E-state index in [1.54, 1.807) is 20.8 Å². The average molecular weight is 362 g/mol. The minimum absolute atomic E-state index is 0.0195. The zero-order valence-corrected chi connectivity index (χ0v) is 14.8. The molecule has 0 saturated carbocycles. The first-order valence-electron chi connectivity index (χ1n) is 6.91. The molecule has 1 rings (SSSR count). The molecule has 0 aliphatic carbocycles. The summed E-state index contributed by atoms with van der Waals surface area (Å²) in [6, 6.07) is 0. The Morgan fingerprint density at radius 1 is 1.29 bits per heavy atom. The lowest BCUT2D eigenvalue weighted by Gasteiger charge is -2.25. The Morgan fingerprint density at radius 2 is 1.88 bits per heavy atom. The second-order valence-electron chi connectivity index (χ2n) is 5.67. The van der Waals surface area contributed by atoms with Crippen molar-refractivity contribution in [2.45, 2.75) is 39.1 Å². The maximum absolute atomic E-state index is 12.2. The van der Waals surface area contributed by atoms with Gasteiger partial charge in [0.1, 0.15) is 17.1 Å². The minimum atomic E-state index is -1.56. The summed E-state index contributed by atoms with van der Waals surface area (Å²) in [6.07, 6.45) is -2.30. The van der Waals surface area contributed by atoms with Crippen LogP contribution in [-0.4, -0.2) is 53.4 Å². The maximum atomic E-state index is 12.2. The van der Waals surface area contributed by atoms with Crippen molar-refractivity contribution < 1.29 is 28.9 Å². The highest BCUT2D eigenvalue weighted by Crippen LogP contribution is 2.27. The number of hydrogen-bond acceptors (Lipinski definition) is 7. The summed E-state index contributed by atoms with van der Waals surface area (Å²) in [5, 5.41) is 9.40. The van der Waals surface area contributed by atoms with Gasteiger partial charge in [-0.2, -0.15) is 4.90 Å². The molecule has 0 spiro atoms. The zero-order valence-electron chi connectivity index (χ0n) is 14.1. The first kappa shape index (κ1) is 20.1. The van der Waals surface area contributed by atoms with Crippen LogP contribution in [-0.2, 0) is 20.6 Å². The van der Waals surface area contributed by atoms with Crippen molar-refractivity contribution in [1.82, 2.24) is 9.97 Å². The monoisotopic (exact) mass is 361 g/mol. The number of carbonyl (C=O) groups is 2. The largest absolute Gasteiger partial charge is 0.464 e. The van der Waals surface area contributed by atoms with Crippen molar-refractivity contribution in [1.29, 1.82) is 0 Å². The molecule has 0 aromatic carbocycles. The van der Waals surface area contributed by atoms with Crippen LogP contribution in [0, 0.1) is 0 Å². The van der Waals surface area contributed by atoms with Crippen LogP contribution in [0.3, 0.4) is 0 Å².